The van der Waals surface area contributed by atoms with Crippen LogP contribution in [0.1, 0.15) is 5.56 Å². The summed E-state index contributed by atoms with van der Waals surface area (Å²) in [6, 6.07) is 12.2. The van der Waals surface area contributed by atoms with Gasteiger partial charge in [0.05, 0.1) is 19.8 Å². The Morgan fingerprint density at radius 3 is 2.60 bits per heavy atom. The number of methoxy groups -OCH3 is 2. The van der Waals surface area contributed by atoms with E-state index in [1.54, 1.807) is 37.0 Å². The first-order valence-electron chi connectivity index (χ1n) is 7.62. The van der Waals surface area contributed by atoms with Gasteiger partial charge >= 0.3 is 0 Å². The third-order valence-corrected chi connectivity index (χ3v) is 4.86. The third kappa shape index (κ3) is 3.61. The molecule has 0 saturated heterocycles. The van der Waals surface area contributed by atoms with Crippen LogP contribution in [0, 0.1) is 5.82 Å². The molecule has 0 unspecified atom stereocenters. The summed E-state index contributed by atoms with van der Waals surface area (Å²) in [5, 5.41) is 9.01. The van der Waals surface area contributed by atoms with E-state index in [4.69, 9.17) is 9.47 Å². The molecule has 1 aromatic heterocycles. The van der Waals surface area contributed by atoms with Crippen LogP contribution < -0.4 is 9.47 Å². The third-order valence-electron chi connectivity index (χ3n) is 3.79. The monoisotopic (exact) mass is 359 g/mol. The second-order valence-electron chi connectivity index (χ2n) is 5.31. The summed E-state index contributed by atoms with van der Waals surface area (Å²) in [6.45, 7) is 0. The average molecular weight is 359 g/mol. The summed E-state index contributed by atoms with van der Waals surface area (Å²) in [5.41, 5.74) is 1.42. The van der Waals surface area contributed by atoms with Gasteiger partial charge in [-0.1, -0.05) is 23.9 Å². The molecule has 25 heavy (non-hydrogen) atoms. The van der Waals surface area contributed by atoms with Gasteiger partial charge in [-0.05, 0) is 30.3 Å². The molecule has 0 saturated carbocycles. The Hall–Kier alpha value is -2.54. The Morgan fingerprint density at radius 1 is 1.08 bits per heavy atom. The minimum Gasteiger partial charge on any atom is -0.497 e. The van der Waals surface area contributed by atoms with E-state index in [2.05, 4.69) is 10.2 Å². The highest BCUT2D eigenvalue weighted by Crippen LogP contribution is 2.31. The van der Waals surface area contributed by atoms with Crippen LogP contribution in [0.2, 0.25) is 0 Å². The zero-order valence-electron chi connectivity index (χ0n) is 14.2. The number of aromatic nitrogens is 3. The topological polar surface area (TPSA) is 49.2 Å². The van der Waals surface area contributed by atoms with Crippen molar-refractivity contribution < 1.29 is 13.9 Å². The number of nitrogens with zero attached hydrogens (tertiary/aromatic N) is 3. The van der Waals surface area contributed by atoms with Crippen molar-refractivity contribution in [2.24, 2.45) is 7.05 Å². The first kappa shape index (κ1) is 17.3. The fraction of sp³-hybridized carbons (Fsp3) is 0.222. The van der Waals surface area contributed by atoms with Crippen molar-refractivity contribution in [1.82, 2.24) is 14.8 Å². The van der Waals surface area contributed by atoms with Crippen LogP contribution in [-0.2, 0) is 12.8 Å². The highest BCUT2D eigenvalue weighted by molar-refractivity contribution is 7.98. The zero-order valence-corrected chi connectivity index (χ0v) is 15.0. The van der Waals surface area contributed by atoms with Crippen LogP contribution >= 0.6 is 11.8 Å². The van der Waals surface area contributed by atoms with Gasteiger partial charge in [-0.3, -0.25) is 0 Å². The predicted octanol–water partition coefficient (Wildman–Crippen LogP) is 3.93. The molecule has 0 radical (unpaired) electrons. The van der Waals surface area contributed by atoms with Gasteiger partial charge in [-0.25, -0.2) is 4.39 Å². The van der Waals surface area contributed by atoms with E-state index in [1.807, 2.05) is 25.2 Å². The summed E-state index contributed by atoms with van der Waals surface area (Å²) in [5.74, 6) is 2.36. The van der Waals surface area contributed by atoms with Crippen LogP contribution in [0.15, 0.2) is 47.6 Å². The highest BCUT2D eigenvalue weighted by atomic mass is 32.2. The van der Waals surface area contributed by atoms with Gasteiger partial charge in [0.2, 0.25) is 0 Å². The second-order valence-corrected chi connectivity index (χ2v) is 6.25. The van der Waals surface area contributed by atoms with Crippen LogP contribution in [0.4, 0.5) is 4.39 Å². The molecule has 0 amide bonds. The minimum absolute atomic E-state index is 0.316. The van der Waals surface area contributed by atoms with E-state index in [1.165, 1.54) is 17.8 Å². The molecule has 7 heteroatoms. The Morgan fingerprint density at radius 2 is 1.88 bits per heavy atom. The van der Waals surface area contributed by atoms with Crippen LogP contribution in [0.3, 0.4) is 0 Å². The van der Waals surface area contributed by atoms with Crippen molar-refractivity contribution >= 4 is 11.8 Å². The van der Waals surface area contributed by atoms with Gasteiger partial charge in [-0.15, -0.1) is 10.2 Å². The molecule has 3 rings (SSSR count). The predicted molar refractivity (Wildman–Crippen MR) is 95.5 cm³/mol. The van der Waals surface area contributed by atoms with Gasteiger partial charge in [0.15, 0.2) is 11.0 Å². The Labute approximate surface area is 149 Å². The number of halogens is 1. The van der Waals surface area contributed by atoms with Crippen molar-refractivity contribution in [3.05, 3.63) is 53.8 Å². The lowest BCUT2D eigenvalue weighted by Gasteiger charge is -2.10. The van der Waals surface area contributed by atoms with E-state index in [0.29, 0.717) is 22.3 Å². The summed E-state index contributed by atoms with van der Waals surface area (Å²) < 4.78 is 26.4. The molecule has 3 aromatic rings. The molecular weight excluding hydrogens is 341 g/mol. The van der Waals surface area contributed by atoms with Gasteiger partial charge in [0, 0.05) is 18.4 Å². The number of hydrogen-bond donors (Lipinski definition) is 0. The average Bonchev–Trinajstić information content (AvgIpc) is 3.00. The van der Waals surface area contributed by atoms with Crippen molar-refractivity contribution in [1.29, 1.82) is 0 Å². The van der Waals surface area contributed by atoms with E-state index in [0.717, 1.165) is 17.1 Å². The fourth-order valence-electron chi connectivity index (χ4n) is 2.45. The molecule has 0 aliphatic rings. The summed E-state index contributed by atoms with van der Waals surface area (Å²) in [6.07, 6.45) is 0. The maximum atomic E-state index is 14.0. The van der Waals surface area contributed by atoms with Crippen LogP contribution in [0.25, 0.3) is 11.4 Å². The lowest BCUT2D eigenvalue weighted by Crippen LogP contribution is -1.97. The molecule has 0 spiro atoms. The van der Waals surface area contributed by atoms with Gasteiger partial charge in [0.1, 0.15) is 17.3 Å². The van der Waals surface area contributed by atoms with E-state index >= 15 is 0 Å². The quantitative estimate of drug-likeness (QED) is 0.624. The van der Waals surface area contributed by atoms with Crippen molar-refractivity contribution in [3.8, 4) is 22.9 Å². The largest absolute Gasteiger partial charge is 0.497 e. The summed E-state index contributed by atoms with van der Waals surface area (Å²) >= 11 is 1.50. The molecule has 0 aliphatic carbocycles. The standard InChI is InChI=1S/C18H18FN3O2S/c1-22-17(14-6-4-5-7-15(14)19)20-21-18(22)25-11-12-10-13(23-2)8-9-16(12)24-3/h4-10H,11H2,1-3H3. The molecule has 5 nitrogen and oxygen atoms in total. The normalized spacial score (nSPS) is 10.7. The first-order chi connectivity index (χ1) is 12.1. The van der Waals surface area contributed by atoms with Crippen molar-refractivity contribution in [3.63, 3.8) is 0 Å². The number of rotatable bonds is 6. The molecule has 0 fully saturated rings. The minimum atomic E-state index is -0.316. The molecule has 0 atom stereocenters. The maximum absolute atomic E-state index is 14.0. The Bertz CT molecular complexity index is 883. The Kier molecular flexibility index (Phi) is 5.23. The molecule has 0 bridgehead atoms. The molecule has 1 heterocycles. The smallest absolute Gasteiger partial charge is 0.191 e. The first-order valence-corrected chi connectivity index (χ1v) is 8.60. The number of ether oxygens (including phenoxy) is 2. The van der Waals surface area contributed by atoms with Gasteiger partial charge in [-0.2, -0.15) is 0 Å². The number of benzene rings is 2. The molecule has 0 aliphatic heterocycles. The van der Waals surface area contributed by atoms with Crippen LogP contribution in [0.5, 0.6) is 11.5 Å². The van der Waals surface area contributed by atoms with Gasteiger partial charge < -0.3 is 14.0 Å². The van der Waals surface area contributed by atoms with Crippen molar-refractivity contribution in [2.45, 2.75) is 10.9 Å². The number of hydrogen-bond acceptors (Lipinski definition) is 5. The fourth-order valence-corrected chi connectivity index (χ4v) is 3.34. The lowest BCUT2D eigenvalue weighted by molar-refractivity contribution is 0.400. The van der Waals surface area contributed by atoms with E-state index in [-0.39, 0.29) is 5.82 Å². The molecule has 130 valence electrons. The van der Waals surface area contributed by atoms with E-state index < -0.39 is 0 Å². The number of thioether (sulfide) groups is 1. The van der Waals surface area contributed by atoms with E-state index in [9.17, 15) is 4.39 Å². The zero-order chi connectivity index (χ0) is 17.8. The lowest BCUT2D eigenvalue weighted by atomic mass is 10.2. The summed E-state index contributed by atoms with van der Waals surface area (Å²) in [4.78, 5) is 0. The van der Waals surface area contributed by atoms with Crippen molar-refractivity contribution in [2.75, 3.05) is 14.2 Å². The second kappa shape index (κ2) is 7.57. The highest BCUT2D eigenvalue weighted by Gasteiger charge is 2.15. The maximum Gasteiger partial charge on any atom is 0.191 e. The molecule has 2 aromatic carbocycles. The summed E-state index contributed by atoms with van der Waals surface area (Å²) in [7, 11) is 5.09. The molecular formula is C18H18FN3O2S. The molecule has 0 N–H and O–H groups in total. The Balaban J connectivity index is 1.83. The van der Waals surface area contributed by atoms with Gasteiger partial charge in [0.25, 0.3) is 0 Å². The SMILES string of the molecule is COc1ccc(OC)c(CSc2nnc(-c3ccccc3F)n2C)c1. The van der Waals surface area contributed by atoms with Crippen LogP contribution in [-0.4, -0.2) is 29.0 Å².